The summed E-state index contributed by atoms with van der Waals surface area (Å²) in [5.74, 6) is -0.677. The number of carbonyl (C=O) groups is 2. The van der Waals surface area contributed by atoms with Crippen molar-refractivity contribution in [3.63, 3.8) is 0 Å². The molecule has 0 saturated carbocycles. The van der Waals surface area contributed by atoms with Crippen LogP contribution in [0.5, 0.6) is 5.75 Å². The number of nitrogens with zero attached hydrogens (tertiary/aromatic N) is 2. The second kappa shape index (κ2) is 10.1. The fourth-order valence-electron chi connectivity index (χ4n) is 3.76. The molecular weight excluding hydrogens is 412 g/mol. The van der Waals surface area contributed by atoms with E-state index in [0.29, 0.717) is 24.4 Å². The number of ether oxygens (including phenoxy) is 1. The van der Waals surface area contributed by atoms with Crippen molar-refractivity contribution in [2.24, 2.45) is 0 Å². The van der Waals surface area contributed by atoms with Crippen LogP contribution in [0.25, 0.3) is 5.76 Å². The van der Waals surface area contributed by atoms with Crippen LogP contribution in [-0.4, -0.2) is 58.9 Å². The number of hydrogen-bond donors (Lipinski definition) is 1. The van der Waals surface area contributed by atoms with Crippen molar-refractivity contribution in [1.29, 1.82) is 0 Å². The molecule has 6 nitrogen and oxygen atoms in total. The third-order valence-corrected chi connectivity index (χ3v) is 6.33. The molecule has 1 aromatic heterocycles. The Labute approximate surface area is 187 Å². The maximum absolute atomic E-state index is 13.0. The second-order valence-corrected chi connectivity index (χ2v) is 8.71. The van der Waals surface area contributed by atoms with Crippen molar-refractivity contribution >= 4 is 28.8 Å². The Morgan fingerprint density at radius 2 is 1.84 bits per heavy atom. The summed E-state index contributed by atoms with van der Waals surface area (Å²) in [6, 6.07) is 10.1. The smallest absolute Gasteiger partial charge is 0.295 e. The maximum atomic E-state index is 13.0. The Morgan fingerprint density at radius 1 is 1.16 bits per heavy atom. The number of benzene rings is 1. The monoisotopic (exact) mass is 442 g/mol. The number of aliphatic hydroxyl groups is 1. The largest absolute Gasteiger partial charge is 0.507 e. The lowest BCUT2D eigenvalue weighted by atomic mass is 10.00. The van der Waals surface area contributed by atoms with E-state index in [-0.39, 0.29) is 17.4 Å². The summed E-state index contributed by atoms with van der Waals surface area (Å²) < 4.78 is 5.66. The summed E-state index contributed by atoms with van der Waals surface area (Å²) in [5.41, 5.74) is 0.629. The predicted octanol–water partition coefficient (Wildman–Crippen LogP) is 4.30. The molecular formula is C24H30N2O4S. The Bertz CT molecular complexity index is 931. The SMILES string of the molecule is CCN(CC)CCN1C(=O)C(=O)C(=C(O)c2ccc(OC(C)C)cc2)[C@H]1c1cccs1. The molecule has 1 atom stereocenters. The van der Waals surface area contributed by atoms with Gasteiger partial charge in [-0.15, -0.1) is 11.3 Å². The first-order valence-electron chi connectivity index (χ1n) is 10.7. The first-order valence-corrected chi connectivity index (χ1v) is 11.6. The molecule has 7 heteroatoms. The van der Waals surface area contributed by atoms with Crippen LogP contribution in [0.15, 0.2) is 47.4 Å². The minimum atomic E-state index is -0.641. The normalized spacial score (nSPS) is 18.4. The van der Waals surface area contributed by atoms with E-state index in [0.717, 1.165) is 18.0 Å². The fraction of sp³-hybridized carbons (Fsp3) is 0.417. The van der Waals surface area contributed by atoms with Gasteiger partial charge in [-0.3, -0.25) is 9.59 Å². The fourth-order valence-corrected chi connectivity index (χ4v) is 4.61. The van der Waals surface area contributed by atoms with Crippen LogP contribution in [0.3, 0.4) is 0 Å². The summed E-state index contributed by atoms with van der Waals surface area (Å²) in [4.78, 5) is 30.6. The van der Waals surface area contributed by atoms with E-state index in [2.05, 4.69) is 18.7 Å². The molecule has 2 heterocycles. The van der Waals surface area contributed by atoms with Crippen molar-refractivity contribution in [2.75, 3.05) is 26.2 Å². The zero-order valence-electron chi connectivity index (χ0n) is 18.5. The van der Waals surface area contributed by atoms with E-state index in [1.165, 1.54) is 11.3 Å². The van der Waals surface area contributed by atoms with Crippen LogP contribution < -0.4 is 4.74 Å². The van der Waals surface area contributed by atoms with Gasteiger partial charge in [-0.2, -0.15) is 0 Å². The molecule has 0 spiro atoms. The summed E-state index contributed by atoms with van der Waals surface area (Å²) in [6.45, 7) is 10.9. The maximum Gasteiger partial charge on any atom is 0.295 e. The van der Waals surface area contributed by atoms with Crippen LogP contribution >= 0.6 is 11.3 Å². The Morgan fingerprint density at radius 3 is 2.39 bits per heavy atom. The highest BCUT2D eigenvalue weighted by atomic mass is 32.1. The van der Waals surface area contributed by atoms with Crippen molar-refractivity contribution in [3.8, 4) is 5.75 Å². The third-order valence-electron chi connectivity index (χ3n) is 5.40. The second-order valence-electron chi connectivity index (χ2n) is 7.73. The summed E-state index contributed by atoms with van der Waals surface area (Å²) in [7, 11) is 0. The van der Waals surface area contributed by atoms with Gasteiger partial charge in [-0.05, 0) is 62.6 Å². The average Bonchev–Trinajstić information content (AvgIpc) is 3.36. The van der Waals surface area contributed by atoms with E-state index >= 15 is 0 Å². The van der Waals surface area contributed by atoms with Gasteiger partial charge in [0.05, 0.1) is 17.7 Å². The topological polar surface area (TPSA) is 70.1 Å². The van der Waals surface area contributed by atoms with Gasteiger partial charge in [0.2, 0.25) is 0 Å². The van der Waals surface area contributed by atoms with Crippen LogP contribution in [-0.2, 0) is 9.59 Å². The quantitative estimate of drug-likeness (QED) is 0.356. The first-order chi connectivity index (χ1) is 14.9. The number of ketones is 1. The van der Waals surface area contributed by atoms with Gasteiger partial charge in [0.25, 0.3) is 11.7 Å². The number of aliphatic hydroxyl groups excluding tert-OH is 1. The van der Waals surface area contributed by atoms with E-state index in [1.807, 2.05) is 31.4 Å². The van der Waals surface area contributed by atoms with Gasteiger partial charge < -0.3 is 19.6 Å². The number of carbonyl (C=O) groups excluding carboxylic acids is 2. The molecule has 1 N–H and O–H groups in total. The van der Waals surface area contributed by atoms with Crippen LogP contribution in [0.2, 0.25) is 0 Å². The Hall–Kier alpha value is -2.64. The van der Waals surface area contributed by atoms with Gasteiger partial charge in [0.1, 0.15) is 11.5 Å². The zero-order valence-corrected chi connectivity index (χ0v) is 19.3. The molecule has 1 aliphatic heterocycles. The average molecular weight is 443 g/mol. The molecule has 1 aromatic carbocycles. The number of thiophene rings is 1. The molecule has 0 radical (unpaired) electrons. The van der Waals surface area contributed by atoms with Crippen LogP contribution in [0.1, 0.15) is 44.2 Å². The lowest BCUT2D eigenvalue weighted by Crippen LogP contribution is -2.37. The minimum absolute atomic E-state index is 0.0365. The highest BCUT2D eigenvalue weighted by Gasteiger charge is 2.46. The molecule has 1 fully saturated rings. The molecule has 1 aliphatic rings. The summed E-state index contributed by atoms with van der Waals surface area (Å²) in [5, 5.41) is 13.0. The number of likely N-dealkylation sites (N-methyl/N-ethyl adjacent to an activating group) is 1. The van der Waals surface area contributed by atoms with Gasteiger partial charge in [0, 0.05) is 23.5 Å². The first kappa shape index (κ1) is 23.0. The molecule has 0 aliphatic carbocycles. The van der Waals surface area contributed by atoms with Gasteiger partial charge >= 0.3 is 0 Å². The zero-order chi connectivity index (χ0) is 22.5. The molecule has 3 rings (SSSR count). The molecule has 1 saturated heterocycles. The number of hydrogen-bond acceptors (Lipinski definition) is 6. The predicted molar refractivity (Wildman–Crippen MR) is 123 cm³/mol. The lowest BCUT2D eigenvalue weighted by Gasteiger charge is -2.27. The number of likely N-dealkylation sites (tertiary alicyclic amines) is 1. The van der Waals surface area contributed by atoms with Crippen molar-refractivity contribution in [1.82, 2.24) is 9.80 Å². The molecule has 2 aromatic rings. The number of rotatable bonds is 9. The van der Waals surface area contributed by atoms with Crippen molar-refractivity contribution in [2.45, 2.75) is 39.8 Å². The van der Waals surface area contributed by atoms with Gasteiger partial charge in [-0.1, -0.05) is 19.9 Å². The lowest BCUT2D eigenvalue weighted by molar-refractivity contribution is -0.140. The molecule has 1 amide bonds. The van der Waals surface area contributed by atoms with E-state index in [9.17, 15) is 14.7 Å². The Kier molecular flexibility index (Phi) is 7.51. The van der Waals surface area contributed by atoms with Gasteiger partial charge in [0.15, 0.2) is 0 Å². The molecule has 31 heavy (non-hydrogen) atoms. The van der Waals surface area contributed by atoms with Crippen LogP contribution in [0.4, 0.5) is 0 Å². The third kappa shape index (κ3) is 4.99. The number of Topliss-reactive ketones (excluding diaryl/α,β-unsaturated/α-hetero) is 1. The van der Waals surface area contributed by atoms with Crippen molar-refractivity contribution in [3.05, 3.63) is 57.8 Å². The van der Waals surface area contributed by atoms with E-state index < -0.39 is 17.7 Å². The van der Waals surface area contributed by atoms with E-state index in [1.54, 1.807) is 29.2 Å². The summed E-state index contributed by atoms with van der Waals surface area (Å²) >= 11 is 1.47. The highest BCUT2D eigenvalue weighted by Crippen LogP contribution is 2.41. The molecule has 0 unspecified atom stereocenters. The molecule has 0 bridgehead atoms. The van der Waals surface area contributed by atoms with Gasteiger partial charge in [-0.25, -0.2) is 0 Å². The minimum Gasteiger partial charge on any atom is -0.507 e. The van der Waals surface area contributed by atoms with Crippen LogP contribution in [0, 0.1) is 0 Å². The van der Waals surface area contributed by atoms with Crippen molar-refractivity contribution < 1.29 is 19.4 Å². The Balaban J connectivity index is 1.98. The number of amides is 1. The molecule has 166 valence electrons. The summed E-state index contributed by atoms with van der Waals surface area (Å²) in [6.07, 6.45) is 0.0365. The highest BCUT2D eigenvalue weighted by molar-refractivity contribution is 7.10. The van der Waals surface area contributed by atoms with E-state index in [4.69, 9.17) is 4.74 Å². The standard InChI is InChI=1S/C24H30N2O4S/c1-5-25(6-2)13-14-26-21(19-8-7-15-31-19)20(23(28)24(26)29)22(27)17-9-11-18(12-10-17)30-16(3)4/h7-12,15-16,21,27H,5-6,13-14H2,1-4H3/t21-/m1/s1.